The van der Waals surface area contributed by atoms with Crippen LogP contribution in [0.4, 0.5) is 11.4 Å². The molecule has 0 radical (unpaired) electrons. The monoisotopic (exact) mass is 669 g/mol. The largest absolute Gasteiger partial charge is 0.354 e. The van der Waals surface area contributed by atoms with Crippen molar-refractivity contribution in [2.75, 3.05) is 5.32 Å². The van der Waals surface area contributed by atoms with Gasteiger partial charge in [-0.15, -0.1) is 0 Å². The fourth-order valence-corrected chi connectivity index (χ4v) is 7.44. The van der Waals surface area contributed by atoms with E-state index >= 15 is 0 Å². The highest BCUT2D eigenvalue weighted by atomic mass is 15.0. The van der Waals surface area contributed by atoms with Gasteiger partial charge in [-0.25, -0.2) is 15.0 Å². The molecular formula is C47H35N5. The van der Waals surface area contributed by atoms with Gasteiger partial charge in [0.2, 0.25) is 0 Å². The lowest BCUT2D eigenvalue weighted by molar-refractivity contribution is 0.660. The molecule has 7 aromatic carbocycles. The average molecular weight is 670 g/mol. The summed E-state index contributed by atoms with van der Waals surface area (Å²) in [5.41, 5.74) is 11.4. The van der Waals surface area contributed by atoms with Gasteiger partial charge in [-0.2, -0.15) is 0 Å². The van der Waals surface area contributed by atoms with Gasteiger partial charge in [0.15, 0.2) is 17.5 Å². The van der Waals surface area contributed by atoms with Crippen molar-refractivity contribution in [3.05, 3.63) is 186 Å². The molecule has 0 unspecified atom stereocenters. The van der Waals surface area contributed by atoms with Crippen LogP contribution in [-0.4, -0.2) is 20.7 Å². The van der Waals surface area contributed by atoms with Gasteiger partial charge in [0.05, 0.1) is 11.4 Å². The SMILES string of the molecule is CC1(C)c2ccc(C(=N)c3ccc4ccccc4c3Nc3ccccc3)cc2-c2cc(-c3nc(-c4ccccc4)nc(-c4ccccc4)n3)ccc21. The van der Waals surface area contributed by atoms with E-state index in [2.05, 4.69) is 104 Å². The summed E-state index contributed by atoms with van der Waals surface area (Å²) >= 11 is 0. The van der Waals surface area contributed by atoms with Crippen molar-refractivity contribution in [2.24, 2.45) is 0 Å². The highest BCUT2D eigenvalue weighted by molar-refractivity contribution is 6.18. The van der Waals surface area contributed by atoms with Crippen LogP contribution in [0.25, 0.3) is 56.1 Å². The van der Waals surface area contributed by atoms with Crippen molar-refractivity contribution in [2.45, 2.75) is 19.3 Å². The third kappa shape index (κ3) is 5.44. The maximum atomic E-state index is 9.62. The van der Waals surface area contributed by atoms with E-state index in [4.69, 9.17) is 15.0 Å². The number of benzene rings is 7. The molecule has 0 saturated carbocycles. The molecule has 0 aliphatic heterocycles. The zero-order valence-electron chi connectivity index (χ0n) is 28.9. The van der Waals surface area contributed by atoms with Gasteiger partial charge < -0.3 is 5.32 Å². The summed E-state index contributed by atoms with van der Waals surface area (Å²) in [6, 6.07) is 55.9. The molecule has 0 bridgehead atoms. The first-order valence-corrected chi connectivity index (χ1v) is 17.5. The lowest BCUT2D eigenvalue weighted by atomic mass is 9.82. The molecule has 248 valence electrons. The molecule has 0 saturated heterocycles. The molecule has 5 heteroatoms. The molecule has 0 amide bonds. The van der Waals surface area contributed by atoms with Crippen molar-refractivity contribution in [3.63, 3.8) is 0 Å². The number of nitrogens with zero attached hydrogens (tertiary/aromatic N) is 3. The Hall–Kier alpha value is -6.72. The highest BCUT2D eigenvalue weighted by Gasteiger charge is 2.36. The minimum absolute atomic E-state index is 0.212. The van der Waals surface area contributed by atoms with E-state index in [1.54, 1.807) is 0 Å². The van der Waals surface area contributed by atoms with Crippen LogP contribution in [0.2, 0.25) is 0 Å². The maximum Gasteiger partial charge on any atom is 0.164 e. The van der Waals surface area contributed by atoms with E-state index in [-0.39, 0.29) is 5.41 Å². The van der Waals surface area contributed by atoms with E-state index < -0.39 is 0 Å². The zero-order valence-corrected chi connectivity index (χ0v) is 28.9. The van der Waals surface area contributed by atoms with Crippen molar-refractivity contribution in [1.29, 1.82) is 5.41 Å². The van der Waals surface area contributed by atoms with E-state index in [9.17, 15) is 5.41 Å². The molecule has 0 fully saturated rings. The van der Waals surface area contributed by atoms with Crippen molar-refractivity contribution in [3.8, 4) is 45.3 Å². The number of fused-ring (bicyclic) bond motifs is 4. The van der Waals surface area contributed by atoms with Crippen molar-refractivity contribution >= 4 is 27.9 Å². The normalized spacial score (nSPS) is 12.7. The Kier molecular flexibility index (Phi) is 7.55. The van der Waals surface area contributed by atoms with Crippen LogP contribution in [0.15, 0.2) is 164 Å². The third-order valence-corrected chi connectivity index (χ3v) is 10.2. The molecule has 1 aliphatic rings. The second kappa shape index (κ2) is 12.6. The minimum atomic E-state index is -0.212. The topological polar surface area (TPSA) is 74.6 Å². The molecular weight excluding hydrogens is 635 g/mol. The second-order valence-electron chi connectivity index (χ2n) is 13.8. The molecule has 2 N–H and O–H groups in total. The number of hydrogen-bond acceptors (Lipinski definition) is 5. The number of rotatable bonds is 7. The first-order valence-electron chi connectivity index (χ1n) is 17.5. The lowest BCUT2D eigenvalue weighted by Crippen LogP contribution is -2.15. The average Bonchev–Trinajstić information content (AvgIpc) is 3.43. The number of anilines is 2. The van der Waals surface area contributed by atoms with Gasteiger partial charge in [0.25, 0.3) is 0 Å². The first-order chi connectivity index (χ1) is 25.4. The van der Waals surface area contributed by atoms with E-state index in [1.165, 1.54) is 11.1 Å². The van der Waals surface area contributed by atoms with Gasteiger partial charge in [0.1, 0.15) is 0 Å². The molecule has 1 heterocycles. The Bertz CT molecular complexity index is 2570. The maximum absolute atomic E-state index is 9.62. The van der Waals surface area contributed by atoms with Crippen LogP contribution >= 0.6 is 0 Å². The van der Waals surface area contributed by atoms with Crippen LogP contribution in [0.3, 0.4) is 0 Å². The van der Waals surface area contributed by atoms with Crippen LogP contribution in [0, 0.1) is 5.41 Å². The van der Waals surface area contributed by atoms with Crippen LogP contribution in [-0.2, 0) is 5.41 Å². The van der Waals surface area contributed by atoms with Gasteiger partial charge in [0, 0.05) is 44.3 Å². The predicted molar refractivity (Wildman–Crippen MR) is 213 cm³/mol. The van der Waals surface area contributed by atoms with E-state index in [0.29, 0.717) is 23.2 Å². The molecule has 8 aromatic rings. The van der Waals surface area contributed by atoms with Gasteiger partial charge in [-0.1, -0.05) is 153 Å². The number of para-hydroxylation sites is 1. The van der Waals surface area contributed by atoms with Gasteiger partial charge in [-0.3, -0.25) is 5.41 Å². The van der Waals surface area contributed by atoms with Crippen LogP contribution in [0.5, 0.6) is 0 Å². The van der Waals surface area contributed by atoms with Crippen LogP contribution in [0.1, 0.15) is 36.1 Å². The standard InChI is InChI=1S/C47H35N5/c1-47(2)40-26-23-33(42(48)37-25-22-30-14-12-13-21-36(30)43(37)49-35-19-10-5-11-20-35)28-38(40)39-29-34(24-27-41(39)47)46-51-44(31-15-6-3-7-16-31)50-45(52-46)32-17-8-4-9-18-32/h3-29,48-49H,1-2H3. The fourth-order valence-electron chi connectivity index (χ4n) is 7.44. The summed E-state index contributed by atoms with van der Waals surface area (Å²) in [5.74, 6) is 1.90. The van der Waals surface area contributed by atoms with E-state index in [0.717, 1.165) is 61.1 Å². The lowest BCUT2D eigenvalue weighted by Gasteiger charge is -2.22. The summed E-state index contributed by atoms with van der Waals surface area (Å²) in [4.78, 5) is 14.9. The summed E-state index contributed by atoms with van der Waals surface area (Å²) in [6.45, 7) is 4.55. The summed E-state index contributed by atoms with van der Waals surface area (Å²) in [6.07, 6.45) is 0. The fraction of sp³-hybridized carbons (Fsp3) is 0.0638. The number of hydrogen-bond donors (Lipinski definition) is 2. The molecule has 52 heavy (non-hydrogen) atoms. The number of aromatic nitrogens is 3. The number of nitrogens with one attached hydrogen (secondary N) is 2. The Balaban J connectivity index is 1.16. The first kappa shape index (κ1) is 31.3. The van der Waals surface area contributed by atoms with Crippen LogP contribution < -0.4 is 5.32 Å². The highest BCUT2D eigenvalue weighted by Crippen LogP contribution is 2.50. The summed E-state index contributed by atoms with van der Waals surface area (Å²) in [7, 11) is 0. The second-order valence-corrected chi connectivity index (χ2v) is 13.8. The zero-order chi connectivity index (χ0) is 35.2. The van der Waals surface area contributed by atoms with Gasteiger partial charge >= 0.3 is 0 Å². The predicted octanol–water partition coefficient (Wildman–Crippen LogP) is 11.5. The molecule has 1 aromatic heterocycles. The van der Waals surface area contributed by atoms with Gasteiger partial charge in [-0.05, 0) is 51.9 Å². The molecule has 9 rings (SSSR count). The quantitative estimate of drug-likeness (QED) is 0.166. The molecule has 5 nitrogen and oxygen atoms in total. The summed E-state index contributed by atoms with van der Waals surface area (Å²) < 4.78 is 0. The van der Waals surface area contributed by atoms with Crippen molar-refractivity contribution < 1.29 is 0 Å². The van der Waals surface area contributed by atoms with E-state index in [1.807, 2.05) is 78.9 Å². The van der Waals surface area contributed by atoms with Crippen molar-refractivity contribution in [1.82, 2.24) is 15.0 Å². The molecule has 0 atom stereocenters. The Labute approximate surface area is 303 Å². The minimum Gasteiger partial charge on any atom is -0.354 e. The molecule has 0 spiro atoms. The Morgan fingerprint density at radius 1 is 0.519 bits per heavy atom. The Morgan fingerprint density at radius 3 is 1.71 bits per heavy atom. The Morgan fingerprint density at radius 2 is 1.06 bits per heavy atom. The summed E-state index contributed by atoms with van der Waals surface area (Å²) in [5, 5.41) is 15.5. The third-order valence-electron chi connectivity index (χ3n) is 10.2. The smallest absolute Gasteiger partial charge is 0.164 e. The molecule has 1 aliphatic carbocycles.